The van der Waals surface area contributed by atoms with Crippen LogP contribution in [0.1, 0.15) is 15.9 Å². The lowest BCUT2D eigenvalue weighted by atomic mass is 10.1. The lowest BCUT2D eigenvalue weighted by Gasteiger charge is -2.09. The average molecular weight is 415 g/mol. The number of hydrogen-bond donors (Lipinski definition) is 1. The van der Waals surface area contributed by atoms with Gasteiger partial charge in [-0.05, 0) is 60.2 Å². The summed E-state index contributed by atoms with van der Waals surface area (Å²) in [5.74, 6) is 1.23. The molecule has 1 aromatic heterocycles. The highest BCUT2D eigenvalue weighted by Gasteiger charge is 2.11. The van der Waals surface area contributed by atoms with Gasteiger partial charge < -0.3 is 14.8 Å². The van der Waals surface area contributed by atoms with Gasteiger partial charge in [-0.25, -0.2) is 4.98 Å². The Balaban J connectivity index is 1.54. The fourth-order valence-electron chi connectivity index (χ4n) is 3.22. The van der Waals surface area contributed by atoms with Crippen LogP contribution in [0, 0.1) is 0 Å². The minimum Gasteiger partial charge on any atom is -0.497 e. The molecule has 4 rings (SSSR count). The van der Waals surface area contributed by atoms with E-state index in [2.05, 4.69) is 10.3 Å². The van der Waals surface area contributed by atoms with E-state index < -0.39 is 0 Å². The van der Waals surface area contributed by atoms with E-state index in [1.807, 2.05) is 24.3 Å². The Morgan fingerprint density at radius 1 is 0.935 bits per heavy atom. The van der Waals surface area contributed by atoms with E-state index >= 15 is 0 Å². The minimum absolute atomic E-state index is 0.208. The number of benzene rings is 3. The third kappa shape index (κ3) is 4.25. The van der Waals surface area contributed by atoms with Crippen LogP contribution in [0.4, 0.5) is 0 Å². The van der Waals surface area contributed by atoms with Gasteiger partial charge in [0.25, 0.3) is 11.5 Å². The molecule has 0 radical (unpaired) electrons. The van der Waals surface area contributed by atoms with Crippen molar-refractivity contribution in [1.82, 2.24) is 14.9 Å². The van der Waals surface area contributed by atoms with Crippen molar-refractivity contribution in [2.75, 3.05) is 14.2 Å². The highest BCUT2D eigenvalue weighted by molar-refractivity contribution is 5.97. The lowest BCUT2D eigenvalue weighted by molar-refractivity contribution is 0.0951. The number of methoxy groups -OCH3 is 2. The minimum atomic E-state index is -0.237. The van der Waals surface area contributed by atoms with Crippen LogP contribution in [0.15, 0.2) is 77.9 Å². The van der Waals surface area contributed by atoms with Gasteiger partial charge in [-0.1, -0.05) is 12.1 Å². The first-order valence-corrected chi connectivity index (χ1v) is 9.66. The topological polar surface area (TPSA) is 82.5 Å². The zero-order valence-corrected chi connectivity index (χ0v) is 17.2. The first kappa shape index (κ1) is 20.2. The molecule has 0 saturated heterocycles. The Labute approximate surface area is 178 Å². The smallest absolute Gasteiger partial charge is 0.265 e. The van der Waals surface area contributed by atoms with Crippen LogP contribution in [0.25, 0.3) is 16.6 Å². The van der Waals surface area contributed by atoms with E-state index in [0.29, 0.717) is 34.4 Å². The average Bonchev–Trinajstić information content (AvgIpc) is 2.83. The molecule has 1 heterocycles. The van der Waals surface area contributed by atoms with Crippen LogP contribution in [0.3, 0.4) is 0 Å². The van der Waals surface area contributed by atoms with Crippen molar-refractivity contribution < 1.29 is 14.3 Å². The van der Waals surface area contributed by atoms with Crippen molar-refractivity contribution in [2.45, 2.75) is 6.54 Å². The van der Waals surface area contributed by atoms with Gasteiger partial charge in [-0.3, -0.25) is 14.2 Å². The van der Waals surface area contributed by atoms with E-state index in [1.54, 1.807) is 56.7 Å². The number of nitrogens with zero attached hydrogens (tertiary/aromatic N) is 2. The van der Waals surface area contributed by atoms with E-state index in [4.69, 9.17) is 9.47 Å². The first-order valence-electron chi connectivity index (χ1n) is 9.66. The van der Waals surface area contributed by atoms with Gasteiger partial charge in [0.05, 0.1) is 30.8 Å². The van der Waals surface area contributed by atoms with Crippen molar-refractivity contribution in [3.05, 3.63) is 94.5 Å². The molecule has 0 saturated carbocycles. The Bertz CT molecular complexity index is 1280. The number of hydrogen-bond acceptors (Lipinski definition) is 5. The maximum absolute atomic E-state index is 12.9. The number of aromatic nitrogens is 2. The van der Waals surface area contributed by atoms with Crippen LogP contribution in [0.2, 0.25) is 0 Å². The molecule has 1 amide bonds. The summed E-state index contributed by atoms with van der Waals surface area (Å²) in [6, 6.07) is 19.5. The largest absolute Gasteiger partial charge is 0.497 e. The molecule has 156 valence electrons. The number of carbonyl (C=O) groups is 1. The zero-order chi connectivity index (χ0) is 21.8. The van der Waals surface area contributed by atoms with Crippen LogP contribution in [-0.4, -0.2) is 29.7 Å². The number of fused-ring (bicyclic) bond motifs is 1. The number of rotatable bonds is 6. The number of amides is 1. The molecule has 31 heavy (non-hydrogen) atoms. The molecular formula is C24H21N3O4. The second-order valence-electron chi connectivity index (χ2n) is 6.88. The van der Waals surface area contributed by atoms with Crippen molar-refractivity contribution in [3.63, 3.8) is 0 Å². The number of ether oxygens (including phenoxy) is 2. The Kier molecular flexibility index (Phi) is 5.66. The summed E-state index contributed by atoms with van der Waals surface area (Å²) in [5, 5.41) is 3.31. The lowest BCUT2D eigenvalue weighted by Crippen LogP contribution is -2.23. The van der Waals surface area contributed by atoms with Gasteiger partial charge in [-0.2, -0.15) is 0 Å². The maximum atomic E-state index is 12.9. The summed E-state index contributed by atoms with van der Waals surface area (Å²) in [4.78, 5) is 29.8. The number of carbonyl (C=O) groups excluding carboxylic acids is 1. The third-order valence-corrected chi connectivity index (χ3v) is 4.98. The first-order chi connectivity index (χ1) is 15.1. The summed E-state index contributed by atoms with van der Waals surface area (Å²) in [6.07, 6.45) is 1.46. The van der Waals surface area contributed by atoms with Crippen LogP contribution in [-0.2, 0) is 6.54 Å². The molecule has 4 aromatic rings. The molecule has 3 aromatic carbocycles. The SMILES string of the molecule is COc1ccc(CNC(=O)c2ccc3c(=O)n(-c4ccc(OC)cc4)cnc3c2)cc1. The van der Waals surface area contributed by atoms with Gasteiger partial charge >= 0.3 is 0 Å². The predicted octanol–water partition coefficient (Wildman–Crippen LogP) is 3.33. The molecule has 7 heteroatoms. The molecule has 0 unspecified atom stereocenters. The standard InChI is InChI=1S/C24H21N3O4/c1-30-19-8-3-16(4-9-19)14-25-23(28)17-5-12-21-22(13-17)26-15-27(24(21)29)18-6-10-20(31-2)11-7-18/h3-13,15H,14H2,1-2H3,(H,25,28). The monoisotopic (exact) mass is 415 g/mol. The van der Waals surface area contributed by atoms with Crippen LogP contribution >= 0.6 is 0 Å². The molecule has 0 fully saturated rings. The molecule has 1 N–H and O–H groups in total. The molecule has 0 bridgehead atoms. The van der Waals surface area contributed by atoms with Gasteiger partial charge in [-0.15, -0.1) is 0 Å². The van der Waals surface area contributed by atoms with Crippen LogP contribution < -0.4 is 20.3 Å². The summed E-state index contributed by atoms with van der Waals surface area (Å²) in [7, 11) is 3.19. The molecule has 0 spiro atoms. The van der Waals surface area contributed by atoms with E-state index in [9.17, 15) is 9.59 Å². The fraction of sp³-hybridized carbons (Fsp3) is 0.125. The molecule has 0 atom stereocenters. The highest BCUT2D eigenvalue weighted by atomic mass is 16.5. The Morgan fingerprint density at radius 3 is 2.23 bits per heavy atom. The molecule has 0 aliphatic rings. The van der Waals surface area contributed by atoms with E-state index in [0.717, 1.165) is 11.3 Å². The second-order valence-corrected chi connectivity index (χ2v) is 6.88. The molecular weight excluding hydrogens is 394 g/mol. The highest BCUT2D eigenvalue weighted by Crippen LogP contribution is 2.16. The fourth-order valence-corrected chi connectivity index (χ4v) is 3.22. The van der Waals surface area contributed by atoms with Gasteiger partial charge in [0, 0.05) is 12.1 Å². The third-order valence-electron chi connectivity index (χ3n) is 4.98. The van der Waals surface area contributed by atoms with Crippen molar-refractivity contribution in [2.24, 2.45) is 0 Å². The van der Waals surface area contributed by atoms with Crippen molar-refractivity contribution >= 4 is 16.8 Å². The molecule has 7 nitrogen and oxygen atoms in total. The van der Waals surface area contributed by atoms with Crippen molar-refractivity contribution in [3.8, 4) is 17.2 Å². The summed E-state index contributed by atoms with van der Waals surface area (Å²) >= 11 is 0. The molecule has 0 aliphatic heterocycles. The second kappa shape index (κ2) is 8.71. The van der Waals surface area contributed by atoms with E-state index in [-0.39, 0.29) is 11.5 Å². The maximum Gasteiger partial charge on any atom is 0.265 e. The van der Waals surface area contributed by atoms with Gasteiger partial charge in [0.1, 0.15) is 17.8 Å². The van der Waals surface area contributed by atoms with E-state index in [1.165, 1.54) is 10.9 Å². The van der Waals surface area contributed by atoms with Gasteiger partial charge in [0.15, 0.2) is 0 Å². The van der Waals surface area contributed by atoms with Crippen LogP contribution in [0.5, 0.6) is 11.5 Å². The summed E-state index contributed by atoms with van der Waals surface area (Å²) in [6.45, 7) is 0.382. The normalized spacial score (nSPS) is 10.6. The predicted molar refractivity (Wildman–Crippen MR) is 118 cm³/mol. The quantitative estimate of drug-likeness (QED) is 0.522. The summed E-state index contributed by atoms with van der Waals surface area (Å²) < 4.78 is 11.8. The zero-order valence-electron chi connectivity index (χ0n) is 17.2. The number of nitrogens with one attached hydrogen (secondary N) is 1. The van der Waals surface area contributed by atoms with Crippen molar-refractivity contribution in [1.29, 1.82) is 0 Å². The Morgan fingerprint density at radius 2 is 1.58 bits per heavy atom. The summed E-state index contributed by atoms with van der Waals surface area (Å²) in [5.41, 5.74) is 2.33. The molecule has 0 aliphatic carbocycles. The van der Waals surface area contributed by atoms with Gasteiger partial charge in [0.2, 0.25) is 0 Å². The Hall–Kier alpha value is -4.13.